The highest BCUT2D eigenvalue weighted by Crippen LogP contribution is 2.54. The number of carbonyl (C=O) groups excluding carboxylic acids is 2. The molecule has 0 aromatic rings. The Labute approximate surface area is 146 Å². The molecule has 0 spiro atoms. The highest BCUT2D eigenvalue weighted by atomic mass is 16.7. The van der Waals surface area contributed by atoms with Crippen LogP contribution >= 0.6 is 0 Å². The standard InChI is InChI=1S/C19H22O6/c1-9-6-14(24-17(9)21)23-8-12-10-7-11-13(20)4-5-19(2,3)15(11)16(10)25-18(12)22/h6,8,10,13-14,16,20H,4-5,7H2,1-3H3/b12-8+/t10-,13?,14-,16+/m1/s1. The number of fused-ring (bicyclic) bond motifs is 2. The summed E-state index contributed by atoms with van der Waals surface area (Å²) >= 11 is 0. The maximum atomic E-state index is 12.3. The number of hydrogen-bond acceptors (Lipinski definition) is 6. The van der Waals surface area contributed by atoms with E-state index in [1.54, 1.807) is 13.0 Å². The summed E-state index contributed by atoms with van der Waals surface area (Å²) in [7, 11) is 0. The second-order valence-corrected chi connectivity index (χ2v) is 7.85. The average molecular weight is 346 g/mol. The van der Waals surface area contributed by atoms with Gasteiger partial charge in [-0.2, -0.15) is 0 Å². The molecule has 134 valence electrons. The van der Waals surface area contributed by atoms with Crippen LogP contribution in [0.25, 0.3) is 0 Å². The minimum Gasteiger partial charge on any atom is -0.458 e. The first kappa shape index (κ1) is 16.4. The lowest BCUT2D eigenvalue weighted by Gasteiger charge is -2.36. The Bertz CT molecular complexity index is 741. The molecule has 4 aliphatic rings. The van der Waals surface area contributed by atoms with E-state index in [1.807, 2.05) is 0 Å². The summed E-state index contributed by atoms with van der Waals surface area (Å²) in [4.78, 5) is 23.7. The summed E-state index contributed by atoms with van der Waals surface area (Å²) < 4.78 is 16.1. The fourth-order valence-electron chi connectivity index (χ4n) is 4.38. The zero-order valence-electron chi connectivity index (χ0n) is 14.6. The van der Waals surface area contributed by atoms with Crippen LogP contribution in [0, 0.1) is 11.3 Å². The van der Waals surface area contributed by atoms with Crippen molar-refractivity contribution in [1.29, 1.82) is 0 Å². The number of esters is 2. The third kappa shape index (κ3) is 2.51. The fourth-order valence-corrected chi connectivity index (χ4v) is 4.38. The molecule has 0 radical (unpaired) electrons. The topological polar surface area (TPSA) is 82.1 Å². The molecule has 25 heavy (non-hydrogen) atoms. The van der Waals surface area contributed by atoms with Crippen LogP contribution in [0.5, 0.6) is 0 Å². The first-order valence-electron chi connectivity index (χ1n) is 8.65. The van der Waals surface area contributed by atoms with Crippen molar-refractivity contribution in [2.45, 2.75) is 58.5 Å². The van der Waals surface area contributed by atoms with Gasteiger partial charge in [-0.25, -0.2) is 9.59 Å². The Morgan fingerprint density at radius 1 is 1.28 bits per heavy atom. The summed E-state index contributed by atoms with van der Waals surface area (Å²) in [6, 6.07) is 0. The van der Waals surface area contributed by atoms with Gasteiger partial charge in [-0.1, -0.05) is 13.8 Å². The molecule has 4 rings (SSSR count). The molecule has 0 amide bonds. The first-order valence-corrected chi connectivity index (χ1v) is 8.65. The molecule has 1 unspecified atom stereocenters. The van der Waals surface area contributed by atoms with Gasteiger partial charge in [0.2, 0.25) is 0 Å². The lowest BCUT2D eigenvalue weighted by atomic mass is 9.71. The summed E-state index contributed by atoms with van der Waals surface area (Å²) in [5.41, 5.74) is 2.91. The number of aliphatic hydroxyl groups excluding tert-OH is 1. The summed E-state index contributed by atoms with van der Waals surface area (Å²) in [5, 5.41) is 10.4. The van der Waals surface area contributed by atoms with E-state index in [0.29, 0.717) is 17.6 Å². The minimum atomic E-state index is -0.808. The first-order chi connectivity index (χ1) is 11.8. The smallest absolute Gasteiger partial charge is 0.338 e. The van der Waals surface area contributed by atoms with Crippen molar-refractivity contribution in [1.82, 2.24) is 0 Å². The molecule has 6 heteroatoms. The van der Waals surface area contributed by atoms with Gasteiger partial charge in [-0.3, -0.25) is 0 Å². The zero-order chi connectivity index (χ0) is 17.9. The van der Waals surface area contributed by atoms with Crippen molar-refractivity contribution in [3.8, 4) is 0 Å². The van der Waals surface area contributed by atoms with Gasteiger partial charge < -0.3 is 19.3 Å². The maximum absolute atomic E-state index is 12.3. The van der Waals surface area contributed by atoms with Gasteiger partial charge in [0.15, 0.2) is 0 Å². The van der Waals surface area contributed by atoms with Crippen LogP contribution in [-0.2, 0) is 23.8 Å². The molecule has 0 aromatic heterocycles. The second-order valence-electron chi connectivity index (χ2n) is 7.85. The van der Waals surface area contributed by atoms with Crippen LogP contribution in [0.3, 0.4) is 0 Å². The Balaban J connectivity index is 1.57. The van der Waals surface area contributed by atoms with E-state index >= 15 is 0 Å². The van der Waals surface area contributed by atoms with E-state index < -0.39 is 24.3 Å². The zero-order valence-corrected chi connectivity index (χ0v) is 14.6. The monoisotopic (exact) mass is 346 g/mol. The Morgan fingerprint density at radius 2 is 2.04 bits per heavy atom. The molecule has 4 atom stereocenters. The summed E-state index contributed by atoms with van der Waals surface area (Å²) in [6.45, 7) is 5.92. The molecule has 1 N–H and O–H groups in total. The van der Waals surface area contributed by atoms with Gasteiger partial charge in [-0.15, -0.1) is 0 Å². The largest absolute Gasteiger partial charge is 0.458 e. The fraction of sp³-hybridized carbons (Fsp3) is 0.579. The van der Waals surface area contributed by atoms with Crippen LogP contribution in [0.4, 0.5) is 0 Å². The van der Waals surface area contributed by atoms with Crippen LogP contribution in [0.2, 0.25) is 0 Å². The van der Waals surface area contributed by atoms with Gasteiger partial charge in [-0.05, 0) is 42.7 Å². The molecular weight excluding hydrogens is 324 g/mol. The predicted octanol–water partition coefficient (Wildman–Crippen LogP) is 2.14. The van der Waals surface area contributed by atoms with E-state index in [2.05, 4.69) is 13.8 Å². The molecule has 0 aromatic carbocycles. The van der Waals surface area contributed by atoms with E-state index in [1.165, 1.54) is 6.26 Å². The lowest BCUT2D eigenvalue weighted by molar-refractivity contribution is -0.152. The van der Waals surface area contributed by atoms with Crippen LogP contribution in [0.15, 0.2) is 34.6 Å². The highest BCUT2D eigenvalue weighted by Gasteiger charge is 2.53. The lowest BCUT2D eigenvalue weighted by Crippen LogP contribution is -2.31. The van der Waals surface area contributed by atoms with Gasteiger partial charge in [0, 0.05) is 17.6 Å². The van der Waals surface area contributed by atoms with Crippen LogP contribution in [-0.4, -0.2) is 35.5 Å². The van der Waals surface area contributed by atoms with Gasteiger partial charge >= 0.3 is 11.9 Å². The predicted molar refractivity (Wildman–Crippen MR) is 86.8 cm³/mol. The number of hydrogen-bond donors (Lipinski definition) is 1. The molecule has 0 saturated carbocycles. The summed E-state index contributed by atoms with van der Waals surface area (Å²) in [5.74, 6) is -0.965. The quantitative estimate of drug-likeness (QED) is 0.357. The normalized spacial score (nSPS) is 37.6. The molecular formula is C19H22O6. The molecule has 2 heterocycles. The highest BCUT2D eigenvalue weighted by molar-refractivity contribution is 5.92. The van der Waals surface area contributed by atoms with Crippen molar-refractivity contribution >= 4 is 11.9 Å². The number of ether oxygens (including phenoxy) is 3. The van der Waals surface area contributed by atoms with Gasteiger partial charge in [0.05, 0.1) is 17.9 Å². The van der Waals surface area contributed by atoms with Gasteiger partial charge in [0.1, 0.15) is 6.10 Å². The number of cyclic esters (lactones) is 1. The number of rotatable bonds is 2. The van der Waals surface area contributed by atoms with E-state index in [9.17, 15) is 14.7 Å². The van der Waals surface area contributed by atoms with E-state index in [-0.39, 0.29) is 17.4 Å². The van der Waals surface area contributed by atoms with Crippen molar-refractivity contribution in [2.75, 3.05) is 0 Å². The van der Waals surface area contributed by atoms with Crippen molar-refractivity contribution in [3.63, 3.8) is 0 Å². The van der Waals surface area contributed by atoms with E-state index in [4.69, 9.17) is 14.2 Å². The Morgan fingerprint density at radius 3 is 2.72 bits per heavy atom. The summed E-state index contributed by atoms with van der Waals surface area (Å²) in [6.07, 6.45) is 3.53. The maximum Gasteiger partial charge on any atom is 0.338 e. The SMILES string of the molecule is CC1=C[C@H](O/C=C2/C(=O)O[C@@H]3C4=C(C[C@H]23)C(O)CCC4(C)C)OC1=O. The Hall–Kier alpha value is -2.08. The molecule has 2 aliphatic carbocycles. The molecule has 0 bridgehead atoms. The van der Waals surface area contributed by atoms with Crippen LogP contribution in [0.1, 0.15) is 40.0 Å². The van der Waals surface area contributed by atoms with Crippen molar-refractivity contribution < 1.29 is 28.9 Å². The Kier molecular flexibility index (Phi) is 3.58. The van der Waals surface area contributed by atoms with Crippen molar-refractivity contribution in [3.05, 3.63) is 34.6 Å². The van der Waals surface area contributed by atoms with Crippen LogP contribution < -0.4 is 0 Å². The second kappa shape index (κ2) is 5.46. The average Bonchev–Trinajstić information content (AvgIpc) is 3.15. The molecule has 1 saturated heterocycles. The third-order valence-corrected chi connectivity index (χ3v) is 5.74. The van der Waals surface area contributed by atoms with E-state index in [0.717, 1.165) is 24.0 Å². The molecule has 1 fully saturated rings. The van der Waals surface area contributed by atoms with Crippen molar-refractivity contribution in [2.24, 2.45) is 11.3 Å². The molecule has 2 aliphatic heterocycles. The van der Waals surface area contributed by atoms with Gasteiger partial charge in [0.25, 0.3) is 6.29 Å². The molecule has 6 nitrogen and oxygen atoms in total. The third-order valence-electron chi connectivity index (χ3n) is 5.74. The number of aliphatic hydroxyl groups is 1. The number of carbonyl (C=O) groups is 2. The minimum absolute atomic E-state index is 0.0919.